The summed E-state index contributed by atoms with van der Waals surface area (Å²) in [6, 6.07) is 8.43. The number of amides is 3. The highest BCUT2D eigenvalue weighted by Crippen LogP contribution is 2.00. The van der Waals surface area contributed by atoms with E-state index in [1.54, 1.807) is 0 Å². The molecule has 0 atom stereocenters. The molecular weight excluding hydrogens is 210 g/mol. The Labute approximate surface area is 92.9 Å². The molecule has 0 saturated carbocycles. The summed E-state index contributed by atoms with van der Waals surface area (Å²) in [7, 11) is 1.33. The number of primary amides is 1. The zero-order valence-corrected chi connectivity index (χ0v) is 8.84. The van der Waals surface area contributed by atoms with Crippen molar-refractivity contribution < 1.29 is 14.3 Å². The second-order valence-corrected chi connectivity index (χ2v) is 3.07. The van der Waals surface area contributed by atoms with Gasteiger partial charge in [-0.05, 0) is 5.56 Å². The molecule has 0 bridgehead atoms. The fourth-order valence-corrected chi connectivity index (χ4v) is 0.947. The Hall–Kier alpha value is -2.24. The maximum Gasteiger partial charge on any atom is 0.426 e. The summed E-state index contributed by atoms with van der Waals surface area (Å²) in [6.07, 6.45) is -0.731. The molecule has 0 saturated heterocycles. The molecule has 1 rings (SSSR count). The van der Waals surface area contributed by atoms with E-state index in [-0.39, 0.29) is 6.61 Å². The molecule has 1 aromatic carbocycles. The summed E-state index contributed by atoms with van der Waals surface area (Å²) in [4.78, 5) is 21.7. The van der Waals surface area contributed by atoms with E-state index in [4.69, 9.17) is 10.5 Å². The molecule has 16 heavy (non-hydrogen) atoms. The number of ether oxygens (including phenoxy) is 1. The van der Waals surface area contributed by atoms with E-state index >= 15 is 0 Å². The number of hydrogen-bond donors (Lipinski definition) is 2. The number of hydrazine groups is 1. The molecule has 6 heteroatoms. The van der Waals surface area contributed by atoms with Gasteiger partial charge >= 0.3 is 12.1 Å². The van der Waals surface area contributed by atoms with Gasteiger partial charge in [0.25, 0.3) is 0 Å². The van der Waals surface area contributed by atoms with E-state index in [9.17, 15) is 9.59 Å². The molecule has 3 N–H and O–H groups in total. The van der Waals surface area contributed by atoms with Crippen LogP contribution in [0.25, 0.3) is 0 Å². The third kappa shape index (κ3) is 3.87. The van der Waals surface area contributed by atoms with Gasteiger partial charge in [-0.15, -0.1) is 0 Å². The highest BCUT2D eigenvalue weighted by Gasteiger charge is 2.08. The van der Waals surface area contributed by atoms with E-state index in [0.29, 0.717) is 0 Å². The minimum Gasteiger partial charge on any atom is -0.443 e. The van der Waals surface area contributed by atoms with Crippen LogP contribution in [0.15, 0.2) is 30.3 Å². The first-order chi connectivity index (χ1) is 7.59. The molecule has 0 aromatic heterocycles. The van der Waals surface area contributed by atoms with Crippen LogP contribution >= 0.6 is 0 Å². The largest absolute Gasteiger partial charge is 0.443 e. The highest BCUT2D eigenvalue weighted by atomic mass is 16.6. The average molecular weight is 223 g/mol. The van der Waals surface area contributed by atoms with E-state index in [0.717, 1.165) is 10.6 Å². The minimum absolute atomic E-state index is 0.138. The lowest BCUT2D eigenvalue weighted by atomic mass is 10.2. The molecule has 0 unspecified atom stereocenters. The first-order valence-electron chi connectivity index (χ1n) is 4.60. The highest BCUT2D eigenvalue weighted by molar-refractivity contribution is 5.76. The van der Waals surface area contributed by atoms with Crippen LogP contribution in [0.1, 0.15) is 5.56 Å². The fourth-order valence-electron chi connectivity index (χ4n) is 0.947. The Bertz CT molecular complexity index is 367. The van der Waals surface area contributed by atoms with E-state index in [1.807, 2.05) is 30.3 Å². The van der Waals surface area contributed by atoms with Crippen molar-refractivity contribution in [2.45, 2.75) is 6.61 Å². The van der Waals surface area contributed by atoms with Gasteiger partial charge in [-0.25, -0.2) is 20.0 Å². The molecule has 0 heterocycles. The summed E-state index contributed by atoms with van der Waals surface area (Å²) in [5, 5.41) is 0.841. The Balaban J connectivity index is 2.33. The molecule has 0 aliphatic carbocycles. The van der Waals surface area contributed by atoms with Crippen molar-refractivity contribution in [3.8, 4) is 0 Å². The van der Waals surface area contributed by atoms with E-state index in [2.05, 4.69) is 5.43 Å². The van der Waals surface area contributed by atoms with Crippen molar-refractivity contribution in [1.29, 1.82) is 0 Å². The summed E-state index contributed by atoms with van der Waals surface area (Å²) in [5.41, 5.74) is 7.92. The Kier molecular flexibility index (Phi) is 4.14. The van der Waals surface area contributed by atoms with Gasteiger partial charge in [0.15, 0.2) is 0 Å². The zero-order valence-electron chi connectivity index (χ0n) is 8.84. The summed E-state index contributed by atoms with van der Waals surface area (Å²) < 4.78 is 4.85. The third-order valence-corrected chi connectivity index (χ3v) is 1.80. The summed E-state index contributed by atoms with van der Waals surface area (Å²) in [5.74, 6) is 0. The smallest absolute Gasteiger partial charge is 0.426 e. The van der Waals surface area contributed by atoms with Gasteiger partial charge in [0.05, 0.1) is 0 Å². The van der Waals surface area contributed by atoms with Crippen LogP contribution in [0.3, 0.4) is 0 Å². The van der Waals surface area contributed by atoms with Crippen molar-refractivity contribution >= 4 is 12.1 Å². The van der Waals surface area contributed by atoms with Crippen LogP contribution in [-0.2, 0) is 11.3 Å². The molecule has 6 nitrogen and oxygen atoms in total. The van der Waals surface area contributed by atoms with Crippen molar-refractivity contribution in [2.24, 2.45) is 5.73 Å². The van der Waals surface area contributed by atoms with Crippen molar-refractivity contribution in [3.05, 3.63) is 35.9 Å². The third-order valence-electron chi connectivity index (χ3n) is 1.80. The predicted molar refractivity (Wildman–Crippen MR) is 57.1 cm³/mol. The molecule has 86 valence electrons. The quantitative estimate of drug-likeness (QED) is 0.728. The van der Waals surface area contributed by atoms with Crippen LogP contribution in [0.4, 0.5) is 9.59 Å². The van der Waals surface area contributed by atoms with Crippen LogP contribution in [-0.4, -0.2) is 24.2 Å². The van der Waals surface area contributed by atoms with Crippen LogP contribution in [0.2, 0.25) is 0 Å². The van der Waals surface area contributed by atoms with Gasteiger partial charge in [-0.3, -0.25) is 0 Å². The van der Waals surface area contributed by atoms with Crippen LogP contribution in [0.5, 0.6) is 0 Å². The lowest BCUT2D eigenvalue weighted by Crippen LogP contribution is -2.46. The average Bonchev–Trinajstić information content (AvgIpc) is 2.27. The maximum atomic E-state index is 11.1. The number of hydrogen-bond acceptors (Lipinski definition) is 3. The van der Waals surface area contributed by atoms with Gasteiger partial charge in [0.1, 0.15) is 6.61 Å². The second-order valence-electron chi connectivity index (χ2n) is 3.07. The molecule has 1 aromatic rings. The Morgan fingerprint density at radius 1 is 1.38 bits per heavy atom. The lowest BCUT2D eigenvalue weighted by molar-refractivity contribution is 0.115. The molecule has 3 amide bonds. The monoisotopic (exact) mass is 223 g/mol. The number of benzene rings is 1. The van der Waals surface area contributed by atoms with Gasteiger partial charge in [0.2, 0.25) is 0 Å². The lowest BCUT2D eigenvalue weighted by Gasteiger charge is -2.15. The first kappa shape index (κ1) is 11.8. The Morgan fingerprint density at radius 2 is 2.00 bits per heavy atom. The molecule has 0 fully saturated rings. The van der Waals surface area contributed by atoms with Crippen molar-refractivity contribution in [3.63, 3.8) is 0 Å². The number of nitrogens with one attached hydrogen (secondary N) is 1. The maximum absolute atomic E-state index is 11.1. The first-order valence-corrected chi connectivity index (χ1v) is 4.60. The fraction of sp³-hybridized carbons (Fsp3) is 0.200. The number of nitrogens with two attached hydrogens (primary N) is 1. The normalized spacial score (nSPS) is 9.31. The topological polar surface area (TPSA) is 84.7 Å². The number of nitrogens with zero attached hydrogens (tertiary/aromatic N) is 1. The van der Waals surface area contributed by atoms with E-state index in [1.165, 1.54) is 7.05 Å². The molecule has 0 aliphatic heterocycles. The molecular formula is C10H13N3O3. The van der Waals surface area contributed by atoms with E-state index < -0.39 is 12.1 Å². The standard InChI is InChI=1S/C10H13N3O3/c1-13(9(11)14)12-10(15)16-7-8-5-3-2-4-6-8/h2-6H,7H2,1H3,(H2,11,14)(H,12,15). The van der Waals surface area contributed by atoms with Crippen molar-refractivity contribution in [1.82, 2.24) is 10.4 Å². The minimum atomic E-state index is -0.767. The number of carbonyl (C=O) groups excluding carboxylic acids is 2. The number of carbonyl (C=O) groups is 2. The summed E-state index contributed by atoms with van der Waals surface area (Å²) in [6.45, 7) is 0.138. The second kappa shape index (κ2) is 5.59. The molecule has 0 aliphatic rings. The van der Waals surface area contributed by atoms with Crippen molar-refractivity contribution in [2.75, 3.05) is 7.05 Å². The summed E-state index contributed by atoms with van der Waals surface area (Å²) >= 11 is 0. The van der Waals surface area contributed by atoms with Crippen LogP contribution in [0, 0.1) is 0 Å². The van der Waals surface area contributed by atoms with Gasteiger partial charge in [-0.1, -0.05) is 30.3 Å². The van der Waals surface area contributed by atoms with Gasteiger partial charge < -0.3 is 10.5 Å². The molecule has 0 spiro atoms. The number of urea groups is 1. The van der Waals surface area contributed by atoms with Gasteiger partial charge in [0, 0.05) is 7.05 Å². The van der Waals surface area contributed by atoms with Crippen LogP contribution < -0.4 is 11.2 Å². The molecule has 0 radical (unpaired) electrons. The zero-order chi connectivity index (χ0) is 12.0. The number of rotatable bonds is 2. The van der Waals surface area contributed by atoms with Gasteiger partial charge in [-0.2, -0.15) is 0 Å². The predicted octanol–water partition coefficient (Wildman–Crippen LogP) is 0.838. The SMILES string of the molecule is CN(NC(=O)OCc1ccccc1)C(N)=O. The Morgan fingerprint density at radius 3 is 2.56 bits per heavy atom.